The fourth-order valence-corrected chi connectivity index (χ4v) is 3.58. The van der Waals surface area contributed by atoms with Gasteiger partial charge in [-0.25, -0.2) is 4.98 Å². The van der Waals surface area contributed by atoms with Crippen LogP contribution in [0.2, 0.25) is 0 Å². The molecule has 1 aromatic heterocycles. The Balaban J connectivity index is 2.13. The lowest BCUT2D eigenvalue weighted by molar-refractivity contribution is -0.384. The van der Waals surface area contributed by atoms with Crippen LogP contribution in [0.1, 0.15) is 36.4 Å². The minimum absolute atomic E-state index is 0.0931. The fraction of sp³-hybridized carbons (Fsp3) is 0.474. The number of hydrogen-bond acceptors (Lipinski definition) is 5. The standard InChI is InChI=1S/C19H26N4O3S/c1-11(2)9-22-15(6)14(5)20-19(22)27-10-18(24)21-16-7-12(3)13(4)8-17(16)23(25)26/h7-8,11H,9-10H2,1-6H3,(H,21,24). The average molecular weight is 391 g/mol. The molecule has 0 atom stereocenters. The fourth-order valence-electron chi connectivity index (χ4n) is 2.68. The summed E-state index contributed by atoms with van der Waals surface area (Å²) in [5.41, 5.74) is 3.88. The zero-order valence-electron chi connectivity index (χ0n) is 16.6. The van der Waals surface area contributed by atoms with E-state index in [9.17, 15) is 14.9 Å². The largest absolute Gasteiger partial charge is 0.323 e. The first kappa shape index (κ1) is 21.0. The third kappa shape index (κ3) is 5.09. The molecule has 0 bridgehead atoms. The van der Waals surface area contributed by atoms with Crippen molar-refractivity contribution in [3.63, 3.8) is 0 Å². The minimum Gasteiger partial charge on any atom is -0.323 e. The van der Waals surface area contributed by atoms with Gasteiger partial charge in [0.05, 0.1) is 16.4 Å². The van der Waals surface area contributed by atoms with Gasteiger partial charge in [-0.2, -0.15) is 0 Å². The van der Waals surface area contributed by atoms with Crippen LogP contribution in [0.5, 0.6) is 0 Å². The number of aromatic nitrogens is 2. The Morgan fingerprint density at radius 2 is 1.89 bits per heavy atom. The maximum atomic E-state index is 12.4. The van der Waals surface area contributed by atoms with Gasteiger partial charge in [0, 0.05) is 18.3 Å². The Labute approximate surface area is 163 Å². The van der Waals surface area contributed by atoms with Crippen LogP contribution in [0.15, 0.2) is 17.3 Å². The predicted octanol–water partition coefficient (Wildman–Crippen LogP) is 4.41. The number of benzene rings is 1. The van der Waals surface area contributed by atoms with E-state index in [1.54, 1.807) is 6.07 Å². The molecule has 7 nitrogen and oxygen atoms in total. The molecule has 0 spiro atoms. The SMILES string of the molecule is Cc1cc(NC(=O)CSc2nc(C)c(C)n2CC(C)C)c([N+](=O)[O-])cc1C. The lowest BCUT2D eigenvalue weighted by Gasteiger charge is -2.12. The molecular weight excluding hydrogens is 364 g/mol. The summed E-state index contributed by atoms with van der Waals surface area (Å²) in [5, 5.41) is 14.7. The number of carbonyl (C=O) groups is 1. The number of imidazole rings is 1. The molecule has 0 saturated heterocycles. The Bertz CT molecular complexity index is 874. The molecule has 0 radical (unpaired) electrons. The van der Waals surface area contributed by atoms with E-state index in [1.807, 2.05) is 27.7 Å². The van der Waals surface area contributed by atoms with Gasteiger partial charge in [-0.1, -0.05) is 25.6 Å². The molecule has 1 amide bonds. The van der Waals surface area contributed by atoms with Gasteiger partial charge in [0.2, 0.25) is 5.91 Å². The second kappa shape index (κ2) is 8.56. The summed E-state index contributed by atoms with van der Waals surface area (Å²) in [6, 6.07) is 3.13. The molecule has 0 saturated carbocycles. The quantitative estimate of drug-likeness (QED) is 0.429. The number of rotatable bonds is 7. The van der Waals surface area contributed by atoms with E-state index in [4.69, 9.17) is 0 Å². The number of nitrogens with zero attached hydrogens (tertiary/aromatic N) is 3. The topological polar surface area (TPSA) is 90.1 Å². The molecule has 0 aliphatic heterocycles. The molecule has 27 heavy (non-hydrogen) atoms. The zero-order chi connectivity index (χ0) is 20.3. The number of nitrogens with one attached hydrogen (secondary N) is 1. The van der Waals surface area contributed by atoms with Crippen LogP contribution in [0, 0.1) is 43.7 Å². The van der Waals surface area contributed by atoms with E-state index in [0.717, 1.165) is 34.2 Å². The van der Waals surface area contributed by atoms with Crippen molar-refractivity contribution in [1.29, 1.82) is 0 Å². The second-order valence-corrected chi connectivity index (χ2v) is 8.06. The highest BCUT2D eigenvalue weighted by atomic mass is 32.2. The van der Waals surface area contributed by atoms with Gasteiger partial charge in [0.15, 0.2) is 5.16 Å². The number of anilines is 1. The number of nitro benzene ring substituents is 1. The van der Waals surface area contributed by atoms with Crippen molar-refractivity contribution in [2.75, 3.05) is 11.1 Å². The molecule has 2 aromatic rings. The van der Waals surface area contributed by atoms with Crippen LogP contribution < -0.4 is 5.32 Å². The van der Waals surface area contributed by atoms with Crippen LogP contribution >= 0.6 is 11.8 Å². The number of thioether (sulfide) groups is 1. The van der Waals surface area contributed by atoms with Gasteiger partial charge >= 0.3 is 0 Å². The summed E-state index contributed by atoms with van der Waals surface area (Å²) < 4.78 is 2.12. The van der Waals surface area contributed by atoms with Crippen LogP contribution in [0.25, 0.3) is 0 Å². The normalized spacial score (nSPS) is 11.1. The van der Waals surface area contributed by atoms with Gasteiger partial charge < -0.3 is 9.88 Å². The van der Waals surface area contributed by atoms with Gasteiger partial charge in [0.1, 0.15) is 5.69 Å². The predicted molar refractivity (Wildman–Crippen MR) is 108 cm³/mol. The molecule has 0 aliphatic carbocycles. The summed E-state index contributed by atoms with van der Waals surface area (Å²) in [7, 11) is 0. The maximum absolute atomic E-state index is 12.4. The molecule has 0 aliphatic rings. The van der Waals surface area contributed by atoms with E-state index in [2.05, 4.69) is 28.7 Å². The number of amides is 1. The lowest BCUT2D eigenvalue weighted by Crippen LogP contribution is -2.16. The average Bonchev–Trinajstić information content (AvgIpc) is 2.83. The molecule has 1 heterocycles. The first-order chi connectivity index (χ1) is 12.6. The van der Waals surface area contributed by atoms with Crippen molar-refractivity contribution in [1.82, 2.24) is 9.55 Å². The summed E-state index contributed by atoms with van der Waals surface area (Å²) >= 11 is 1.34. The smallest absolute Gasteiger partial charge is 0.293 e. The summed E-state index contributed by atoms with van der Waals surface area (Å²) in [4.78, 5) is 27.7. The van der Waals surface area contributed by atoms with Crippen molar-refractivity contribution in [3.8, 4) is 0 Å². The molecule has 1 N–H and O–H groups in total. The summed E-state index contributed by atoms with van der Waals surface area (Å²) in [5.74, 6) is 0.308. The van der Waals surface area contributed by atoms with E-state index in [-0.39, 0.29) is 23.0 Å². The van der Waals surface area contributed by atoms with Crippen molar-refractivity contribution >= 4 is 29.0 Å². The van der Waals surface area contributed by atoms with Crippen molar-refractivity contribution in [2.45, 2.75) is 53.2 Å². The summed E-state index contributed by atoms with van der Waals surface area (Å²) in [6.45, 7) is 12.7. The van der Waals surface area contributed by atoms with E-state index >= 15 is 0 Å². The number of aryl methyl sites for hydroxylation is 3. The molecule has 8 heteroatoms. The molecular formula is C19H26N4O3S. The highest BCUT2D eigenvalue weighted by Crippen LogP contribution is 2.28. The molecule has 1 aromatic carbocycles. The third-order valence-corrected chi connectivity index (χ3v) is 5.36. The van der Waals surface area contributed by atoms with Gasteiger partial charge in [-0.15, -0.1) is 0 Å². The Morgan fingerprint density at radius 1 is 1.26 bits per heavy atom. The highest BCUT2D eigenvalue weighted by molar-refractivity contribution is 7.99. The molecule has 0 unspecified atom stereocenters. The zero-order valence-corrected chi connectivity index (χ0v) is 17.4. The monoisotopic (exact) mass is 390 g/mol. The Hall–Kier alpha value is -2.35. The van der Waals surface area contributed by atoms with Crippen molar-refractivity contribution < 1.29 is 9.72 Å². The van der Waals surface area contributed by atoms with E-state index in [1.165, 1.54) is 17.8 Å². The Morgan fingerprint density at radius 3 is 2.48 bits per heavy atom. The van der Waals surface area contributed by atoms with E-state index < -0.39 is 4.92 Å². The van der Waals surface area contributed by atoms with Crippen molar-refractivity contribution in [3.05, 3.63) is 44.8 Å². The van der Waals surface area contributed by atoms with Gasteiger partial charge in [0.25, 0.3) is 5.69 Å². The molecule has 2 rings (SSSR count). The van der Waals surface area contributed by atoms with Crippen molar-refractivity contribution in [2.24, 2.45) is 5.92 Å². The number of nitro groups is 1. The number of hydrogen-bond donors (Lipinski definition) is 1. The van der Waals surface area contributed by atoms with E-state index in [0.29, 0.717) is 5.92 Å². The maximum Gasteiger partial charge on any atom is 0.293 e. The van der Waals surface area contributed by atoms with Crippen LogP contribution in [-0.4, -0.2) is 26.1 Å². The Kier molecular flexibility index (Phi) is 6.64. The summed E-state index contributed by atoms with van der Waals surface area (Å²) in [6.07, 6.45) is 0. The van der Waals surface area contributed by atoms with Crippen LogP contribution in [0.4, 0.5) is 11.4 Å². The number of carbonyl (C=O) groups excluding carboxylic acids is 1. The lowest BCUT2D eigenvalue weighted by atomic mass is 10.1. The van der Waals surface area contributed by atoms with Gasteiger partial charge in [-0.3, -0.25) is 14.9 Å². The van der Waals surface area contributed by atoms with Crippen LogP contribution in [0.3, 0.4) is 0 Å². The van der Waals surface area contributed by atoms with Crippen LogP contribution in [-0.2, 0) is 11.3 Å². The molecule has 146 valence electrons. The minimum atomic E-state index is -0.475. The van der Waals surface area contributed by atoms with Gasteiger partial charge in [-0.05, 0) is 50.8 Å². The first-order valence-electron chi connectivity index (χ1n) is 8.82. The molecule has 0 fully saturated rings. The third-order valence-electron chi connectivity index (χ3n) is 4.39. The second-order valence-electron chi connectivity index (χ2n) is 7.12. The first-order valence-corrected chi connectivity index (χ1v) is 9.80. The highest BCUT2D eigenvalue weighted by Gasteiger charge is 2.19.